The Morgan fingerprint density at radius 2 is 1.76 bits per heavy atom. The zero-order valence-electron chi connectivity index (χ0n) is 13.0. The molecule has 5 aromatic rings. The van der Waals surface area contributed by atoms with Crippen molar-refractivity contribution < 1.29 is 9.21 Å². The molecule has 0 aliphatic heterocycles. The van der Waals surface area contributed by atoms with E-state index in [1.165, 1.54) is 11.3 Å². The Bertz CT molecular complexity index is 1220. The molecule has 5 heteroatoms. The highest BCUT2D eigenvalue weighted by Gasteiger charge is 2.15. The lowest BCUT2D eigenvalue weighted by Gasteiger charge is -1.96. The molecular weight excluding hydrogens is 332 g/mol. The number of aromatic nitrogens is 1. The van der Waals surface area contributed by atoms with Crippen LogP contribution in [0.2, 0.25) is 0 Å². The van der Waals surface area contributed by atoms with Gasteiger partial charge >= 0.3 is 0 Å². The SMILES string of the molecule is O=C(Nc1nc2ccc3ccccc3c2s1)c1cc2ccccc2o1. The number of carbonyl (C=O) groups excluding carboxylic acids is 1. The van der Waals surface area contributed by atoms with E-state index in [1.807, 2.05) is 48.5 Å². The van der Waals surface area contributed by atoms with Gasteiger partial charge in [0.1, 0.15) is 5.58 Å². The zero-order valence-corrected chi connectivity index (χ0v) is 13.8. The Labute approximate surface area is 146 Å². The molecule has 0 saturated carbocycles. The molecule has 25 heavy (non-hydrogen) atoms. The Morgan fingerprint density at radius 1 is 0.960 bits per heavy atom. The van der Waals surface area contributed by atoms with Crippen molar-refractivity contribution >= 4 is 54.3 Å². The zero-order chi connectivity index (χ0) is 16.8. The molecule has 0 aliphatic rings. The molecule has 0 radical (unpaired) electrons. The predicted molar refractivity (Wildman–Crippen MR) is 101 cm³/mol. The fourth-order valence-corrected chi connectivity index (χ4v) is 3.96. The summed E-state index contributed by atoms with van der Waals surface area (Å²) in [7, 11) is 0. The molecular formula is C20H12N2O2S. The molecule has 1 N–H and O–H groups in total. The van der Waals surface area contributed by atoms with Crippen molar-refractivity contribution in [2.45, 2.75) is 0 Å². The molecule has 0 unspecified atom stereocenters. The number of fused-ring (bicyclic) bond motifs is 4. The van der Waals surface area contributed by atoms with E-state index in [0.29, 0.717) is 10.7 Å². The van der Waals surface area contributed by atoms with Crippen LogP contribution in [0.15, 0.2) is 71.1 Å². The number of benzene rings is 3. The molecule has 2 heterocycles. The van der Waals surface area contributed by atoms with E-state index in [1.54, 1.807) is 6.07 Å². The average molecular weight is 344 g/mol. The van der Waals surface area contributed by atoms with Crippen LogP contribution in [0.4, 0.5) is 5.13 Å². The van der Waals surface area contributed by atoms with Crippen molar-refractivity contribution in [3.05, 3.63) is 72.5 Å². The lowest BCUT2D eigenvalue weighted by atomic mass is 10.1. The van der Waals surface area contributed by atoms with Crippen LogP contribution in [-0.2, 0) is 0 Å². The number of anilines is 1. The second-order valence-corrected chi connectivity index (χ2v) is 6.76. The number of amides is 1. The molecule has 0 saturated heterocycles. The molecule has 2 aromatic heterocycles. The van der Waals surface area contributed by atoms with Crippen molar-refractivity contribution in [3.8, 4) is 0 Å². The van der Waals surface area contributed by atoms with Gasteiger partial charge in [-0.1, -0.05) is 59.9 Å². The Morgan fingerprint density at radius 3 is 2.64 bits per heavy atom. The molecule has 1 amide bonds. The maximum absolute atomic E-state index is 12.5. The third-order valence-corrected chi connectivity index (χ3v) is 5.17. The van der Waals surface area contributed by atoms with Crippen LogP contribution >= 0.6 is 11.3 Å². The molecule has 0 aliphatic carbocycles. The first kappa shape index (κ1) is 14.2. The standard InChI is InChI=1S/C20H12N2O2S/c23-19(17-11-13-6-2-4-8-16(13)24-17)22-20-21-15-10-9-12-5-1-3-7-14(12)18(15)25-20/h1-11H,(H,21,22,23). The van der Waals surface area contributed by atoms with Crippen LogP contribution in [0, 0.1) is 0 Å². The van der Waals surface area contributed by atoms with Crippen LogP contribution in [-0.4, -0.2) is 10.9 Å². The number of nitrogens with one attached hydrogen (secondary N) is 1. The van der Waals surface area contributed by atoms with Crippen LogP contribution in [0.5, 0.6) is 0 Å². The summed E-state index contributed by atoms with van der Waals surface area (Å²) in [6.45, 7) is 0. The Kier molecular flexibility index (Phi) is 3.08. The van der Waals surface area contributed by atoms with E-state index < -0.39 is 0 Å². The largest absolute Gasteiger partial charge is 0.451 e. The minimum absolute atomic E-state index is 0.283. The first-order chi connectivity index (χ1) is 12.3. The fraction of sp³-hybridized carbons (Fsp3) is 0. The molecule has 0 atom stereocenters. The first-order valence-electron chi connectivity index (χ1n) is 7.86. The average Bonchev–Trinajstić information content (AvgIpc) is 3.25. The monoisotopic (exact) mass is 344 g/mol. The molecule has 120 valence electrons. The van der Waals surface area contributed by atoms with Gasteiger partial charge in [0.05, 0.1) is 10.2 Å². The van der Waals surface area contributed by atoms with Gasteiger partial charge in [-0.15, -0.1) is 0 Å². The quantitative estimate of drug-likeness (QED) is 0.463. The van der Waals surface area contributed by atoms with Gasteiger partial charge in [0.25, 0.3) is 5.91 Å². The van der Waals surface area contributed by atoms with Gasteiger partial charge in [-0.2, -0.15) is 0 Å². The van der Waals surface area contributed by atoms with Crippen molar-refractivity contribution in [2.75, 3.05) is 5.32 Å². The summed E-state index contributed by atoms with van der Waals surface area (Å²) >= 11 is 1.47. The Balaban J connectivity index is 1.52. The van der Waals surface area contributed by atoms with Gasteiger partial charge in [-0.25, -0.2) is 4.98 Å². The molecule has 0 spiro atoms. The van der Waals surface area contributed by atoms with Crippen molar-refractivity contribution in [1.29, 1.82) is 0 Å². The first-order valence-corrected chi connectivity index (χ1v) is 8.68. The number of thiazole rings is 1. The number of hydrogen-bond acceptors (Lipinski definition) is 4. The Hall–Kier alpha value is -3.18. The van der Waals surface area contributed by atoms with Gasteiger partial charge in [0, 0.05) is 10.8 Å². The van der Waals surface area contributed by atoms with E-state index in [-0.39, 0.29) is 11.7 Å². The normalized spacial score (nSPS) is 11.4. The van der Waals surface area contributed by atoms with E-state index in [0.717, 1.165) is 26.4 Å². The van der Waals surface area contributed by atoms with E-state index in [9.17, 15) is 4.79 Å². The summed E-state index contributed by atoms with van der Waals surface area (Å²) < 4.78 is 6.68. The summed E-state index contributed by atoms with van der Waals surface area (Å²) in [6, 6.07) is 21.5. The number of nitrogens with zero attached hydrogens (tertiary/aromatic N) is 1. The van der Waals surface area contributed by atoms with E-state index in [2.05, 4.69) is 22.4 Å². The molecule has 0 fully saturated rings. The van der Waals surface area contributed by atoms with Gasteiger partial charge < -0.3 is 4.42 Å². The van der Waals surface area contributed by atoms with Crippen molar-refractivity contribution in [1.82, 2.24) is 4.98 Å². The van der Waals surface area contributed by atoms with Crippen LogP contribution in [0.1, 0.15) is 10.6 Å². The highest BCUT2D eigenvalue weighted by atomic mass is 32.1. The second-order valence-electron chi connectivity index (χ2n) is 5.76. The summed E-state index contributed by atoms with van der Waals surface area (Å²) in [5.74, 6) is -0.00937. The van der Waals surface area contributed by atoms with Crippen molar-refractivity contribution in [3.63, 3.8) is 0 Å². The van der Waals surface area contributed by atoms with Gasteiger partial charge in [-0.3, -0.25) is 10.1 Å². The molecule has 3 aromatic carbocycles. The third kappa shape index (κ3) is 2.37. The topological polar surface area (TPSA) is 55.1 Å². The lowest BCUT2D eigenvalue weighted by Crippen LogP contribution is -2.10. The molecule has 0 bridgehead atoms. The van der Waals surface area contributed by atoms with E-state index >= 15 is 0 Å². The predicted octanol–water partition coefficient (Wildman–Crippen LogP) is 5.45. The van der Waals surface area contributed by atoms with E-state index in [4.69, 9.17) is 4.42 Å². The minimum Gasteiger partial charge on any atom is -0.451 e. The minimum atomic E-state index is -0.292. The number of furan rings is 1. The number of carbonyl (C=O) groups is 1. The maximum atomic E-state index is 12.5. The smallest absolute Gasteiger partial charge is 0.293 e. The lowest BCUT2D eigenvalue weighted by molar-refractivity contribution is 0.0998. The number of para-hydroxylation sites is 1. The molecule has 5 rings (SSSR count). The van der Waals surface area contributed by atoms with Gasteiger partial charge in [0.15, 0.2) is 10.9 Å². The maximum Gasteiger partial charge on any atom is 0.293 e. The number of rotatable bonds is 2. The third-order valence-electron chi connectivity index (χ3n) is 4.15. The summed E-state index contributed by atoms with van der Waals surface area (Å²) in [4.78, 5) is 17.0. The van der Waals surface area contributed by atoms with Crippen LogP contribution < -0.4 is 5.32 Å². The van der Waals surface area contributed by atoms with Crippen LogP contribution in [0.25, 0.3) is 32.0 Å². The van der Waals surface area contributed by atoms with Crippen molar-refractivity contribution in [2.24, 2.45) is 0 Å². The summed E-state index contributed by atoms with van der Waals surface area (Å²) in [6.07, 6.45) is 0. The fourth-order valence-electron chi connectivity index (χ4n) is 2.96. The van der Waals surface area contributed by atoms with Crippen LogP contribution in [0.3, 0.4) is 0 Å². The highest BCUT2D eigenvalue weighted by Crippen LogP contribution is 2.33. The second kappa shape index (κ2) is 5.43. The van der Waals surface area contributed by atoms with Gasteiger partial charge in [0.2, 0.25) is 0 Å². The summed E-state index contributed by atoms with van der Waals surface area (Å²) in [5.41, 5.74) is 1.58. The molecule has 4 nitrogen and oxygen atoms in total. The summed E-state index contributed by atoms with van der Waals surface area (Å²) in [5, 5.41) is 6.62. The van der Waals surface area contributed by atoms with Gasteiger partial charge in [-0.05, 0) is 23.6 Å². The highest BCUT2D eigenvalue weighted by molar-refractivity contribution is 7.23. The number of hydrogen-bond donors (Lipinski definition) is 1.